The maximum absolute atomic E-state index is 2.37. The lowest BCUT2D eigenvalue weighted by Crippen LogP contribution is -2.08. The predicted molar refractivity (Wildman–Crippen MR) is 89.5 cm³/mol. The third kappa shape index (κ3) is 1.98. The molecule has 0 heteroatoms. The maximum Gasteiger partial charge on any atom is -0.0143 e. The van der Waals surface area contributed by atoms with E-state index in [4.69, 9.17) is 0 Å². The molecule has 0 bridgehead atoms. The molecule has 104 valence electrons. The minimum absolute atomic E-state index is 0.568. The molecule has 0 heterocycles. The van der Waals surface area contributed by atoms with E-state index in [-0.39, 0.29) is 0 Å². The van der Waals surface area contributed by atoms with Crippen molar-refractivity contribution in [2.45, 2.75) is 52.4 Å². The van der Waals surface area contributed by atoms with Crippen LogP contribution >= 0.6 is 0 Å². The van der Waals surface area contributed by atoms with Crippen molar-refractivity contribution < 1.29 is 0 Å². The van der Waals surface area contributed by atoms with Crippen LogP contribution in [-0.4, -0.2) is 0 Å². The summed E-state index contributed by atoms with van der Waals surface area (Å²) in [5.41, 5.74) is 6.20. The highest BCUT2D eigenvalue weighted by atomic mass is 14.3. The van der Waals surface area contributed by atoms with Gasteiger partial charge in [-0.05, 0) is 57.7 Å². The van der Waals surface area contributed by atoms with Gasteiger partial charge in [0.1, 0.15) is 0 Å². The van der Waals surface area contributed by atoms with E-state index in [0.717, 1.165) is 0 Å². The van der Waals surface area contributed by atoms with Crippen LogP contribution in [0.25, 0.3) is 16.8 Å². The van der Waals surface area contributed by atoms with E-state index >= 15 is 0 Å². The molecule has 1 aliphatic rings. The molecule has 0 saturated carbocycles. The Labute approximate surface area is 122 Å². The van der Waals surface area contributed by atoms with E-state index in [2.05, 4.69) is 64.1 Å². The Morgan fingerprint density at radius 1 is 0.850 bits per heavy atom. The first-order chi connectivity index (χ1) is 9.61. The Bertz CT molecular complexity index is 672. The van der Waals surface area contributed by atoms with E-state index < -0.39 is 0 Å². The van der Waals surface area contributed by atoms with E-state index in [1.807, 2.05) is 0 Å². The van der Waals surface area contributed by atoms with E-state index in [9.17, 15) is 0 Å². The summed E-state index contributed by atoms with van der Waals surface area (Å²) >= 11 is 0. The van der Waals surface area contributed by atoms with Crippen molar-refractivity contribution in [3.63, 3.8) is 0 Å². The lowest BCUT2D eigenvalue weighted by Gasteiger charge is -2.26. The first-order valence-electron chi connectivity index (χ1n) is 7.85. The van der Waals surface area contributed by atoms with Crippen LogP contribution in [0, 0.1) is 0 Å². The summed E-state index contributed by atoms with van der Waals surface area (Å²) < 4.78 is 0. The molecule has 1 aliphatic carbocycles. The van der Waals surface area contributed by atoms with Crippen LogP contribution in [-0.2, 0) is 6.42 Å². The zero-order valence-electron chi connectivity index (χ0n) is 13.0. The molecule has 0 atom stereocenters. The van der Waals surface area contributed by atoms with Gasteiger partial charge in [-0.15, -0.1) is 0 Å². The number of allylic oxidation sites excluding steroid dienone is 1. The minimum Gasteiger partial charge on any atom is -0.0836 e. The van der Waals surface area contributed by atoms with Gasteiger partial charge in [-0.25, -0.2) is 0 Å². The quantitative estimate of drug-likeness (QED) is 0.619. The summed E-state index contributed by atoms with van der Waals surface area (Å²) in [5, 5.41) is 2.94. The molecule has 2 aromatic carbocycles. The van der Waals surface area contributed by atoms with Gasteiger partial charge in [-0.3, -0.25) is 0 Å². The molecule has 0 aliphatic heterocycles. The van der Waals surface area contributed by atoms with E-state index in [1.165, 1.54) is 29.2 Å². The Hall–Kier alpha value is -1.56. The second kappa shape index (κ2) is 5.09. The van der Waals surface area contributed by atoms with Gasteiger partial charge < -0.3 is 0 Å². The third-order valence-corrected chi connectivity index (χ3v) is 4.45. The van der Waals surface area contributed by atoms with Crippen molar-refractivity contribution in [1.82, 2.24) is 0 Å². The molecule has 0 N–H and O–H groups in total. The molecular weight excluding hydrogens is 240 g/mol. The predicted octanol–water partition coefficient (Wildman–Crippen LogP) is 6.05. The summed E-state index contributed by atoms with van der Waals surface area (Å²) in [7, 11) is 0. The second-order valence-electron chi connectivity index (χ2n) is 6.52. The average molecular weight is 264 g/mol. The normalized spacial score (nSPS) is 14.3. The highest BCUT2D eigenvalue weighted by molar-refractivity contribution is 5.94. The highest BCUT2D eigenvalue weighted by Gasteiger charge is 2.22. The molecule has 0 saturated heterocycles. The molecule has 0 nitrogen and oxygen atoms in total. The number of hydrogen-bond acceptors (Lipinski definition) is 0. The lowest BCUT2D eigenvalue weighted by molar-refractivity contribution is 0.790. The van der Waals surface area contributed by atoms with Crippen molar-refractivity contribution in [3.8, 4) is 0 Å². The second-order valence-corrected chi connectivity index (χ2v) is 6.52. The minimum atomic E-state index is 0.568. The summed E-state index contributed by atoms with van der Waals surface area (Å²) in [6.07, 6.45) is 7.07. The molecule has 2 aromatic rings. The Kier molecular flexibility index (Phi) is 3.41. The van der Waals surface area contributed by atoms with Gasteiger partial charge in [-0.2, -0.15) is 0 Å². The van der Waals surface area contributed by atoms with E-state index in [1.54, 1.807) is 16.7 Å². The van der Waals surface area contributed by atoms with Crippen molar-refractivity contribution in [1.29, 1.82) is 0 Å². The Balaban J connectivity index is 2.50. The number of benzene rings is 2. The largest absolute Gasteiger partial charge is 0.0836 e. The Morgan fingerprint density at radius 3 is 2.15 bits per heavy atom. The van der Waals surface area contributed by atoms with Crippen molar-refractivity contribution in [2.75, 3.05) is 0 Å². The molecule has 3 rings (SSSR count). The molecule has 0 aromatic heterocycles. The fourth-order valence-electron chi connectivity index (χ4n) is 3.71. The van der Waals surface area contributed by atoms with Crippen LogP contribution in [0.4, 0.5) is 0 Å². The van der Waals surface area contributed by atoms with Gasteiger partial charge in [-0.1, -0.05) is 64.1 Å². The van der Waals surface area contributed by atoms with E-state index in [0.29, 0.717) is 11.8 Å². The first-order valence-corrected chi connectivity index (χ1v) is 7.85. The SMILES string of the molecule is CC(C)c1c2c(c3ccccc3c1C(C)C)CCC=C2. The average Bonchev–Trinajstić information content (AvgIpc) is 2.45. The highest BCUT2D eigenvalue weighted by Crippen LogP contribution is 2.41. The zero-order valence-corrected chi connectivity index (χ0v) is 13.0. The molecule has 0 radical (unpaired) electrons. The fourth-order valence-corrected chi connectivity index (χ4v) is 3.71. The smallest absolute Gasteiger partial charge is 0.0143 e. The van der Waals surface area contributed by atoms with Gasteiger partial charge in [0, 0.05) is 0 Å². The van der Waals surface area contributed by atoms with Crippen molar-refractivity contribution in [2.24, 2.45) is 0 Å². The van der Waals surface area contributed by atoms with Gasteiger partial charge in [0.15, 0.2) is 0 Å². The number of rotatable bonds is 2. The summed E-state index contributed by atoms with van der Waals surface area (Å²) in [6.45, 7) is 9.32. The van der Waals surface area contributed by atoms with Crippen LogP contribution in [0.5, 0.6) is 0 Å². The van der Waals surface area contributed by atoms with Crippen LogP contribution in [0.1, 0.15) is 68.2 Å². The molecule has 0 unspecified atom stereocenters. The molecular formula is C20H24. The van der Waals surface area contributed by atoms with Gasteiger partial charge >= 0.3 is 0 Å². The van der Waals surface area contributed by atoms with Crippen LogP contribution in [0.3, 0.4) is 0 Å². The molecule has 0 spiro atoms. The monoisotopic (exact) mass is 264 g/mol. The van der Waals surface area contributed by atoms with Crippen molar-refractivity contribution >= 4 is 16.8 Å². The first kappa shape index (κ1) is 13.4. The van der Waals surface area contributed by atoms with Gasteiger partial charge in [0.2, 0.25) is 0 Å². The summed E-state index contributed by atoms with van der Waals surface area (Å²) in [6, 6.07) is 8.99. The number of hydrogen-bond donors (Lipinski definition) is 0. The summed E-state index contributed by atoms with van der Waals surface area (Å²) in [4.78, 5) is 0. The molecule has 0 amide bonds. The van der Waals surface area contributed by atoms with Gasteiger partial charge in [0.05, 0.1) is 0 Å². The zero-order chi connectivity index (χ0) is 14.3. The summed E-state index contributed by atoms with van der Waals surface area (Å²) in [5.74, 6) is 1.14. The number of aryl methyl sites for hydroxylation is 1. The van der Waals surface area contributed by atoms with Crippen LogP contribution < -0.4 is 0 Å². The topological polar surface area (TPSA) is 0 Å². The van der Waals surface area contributed by atoms with Gasteiger partial charge in [0.25, 0.3) is 0 Å². The molecule has 0 fully saturated rings. The number of fused-ring (bicyclic) bond motifs is 3. The molecule has 20 heavy (non-hydrogen) atoms. The Morgan fingerprint density at radius 2 is 1.50 bits per heavy atom. The maximum atomic E-state index is 2.37. The third-order valence-electron chi connectivity index (χ3n) is 4.45. The van der Waals surface area contributed by atoms with Crippen LogP contribution in [0.15, 0.2) is 30.3 Å². The van der Waals surface area contributed by atoms with Crippen molar-refractivity contribution in [3.05, 3.63) is 52.6 Å². The lowest BCUT2D eigenvalue weighted by atomic mass is 9.78. The standard InChI is InChI=1S/C20H24/c1-13(2)19-17-11-7-5-9-15(17)16-10-6-8-12-18(16)20(19)14(3)4/h5,7-9,11-14H,6,10H2,1-4H3. The van der Waals surface area contributed by atoms with Crippen LogP contribution in [0.2, 0.25) is 0 Å². The fraction of sp³-hybridized carbons (Fsp3) is 0.400.